The number of carbonyl (C=O) groups excluding carboxylic acids is 3. The number of rotatable bonds is 12. The number of ether oxygens (including phenoxy) is 4. The molecule has 0 unspecified atom stereocenters. The molecule has 762 valence electrons. The molecule has 5 N–H and O–H groups in total. The molecule has 2 spiro atoms. The summed E-state index contributed by atoms with van der Waals surface area (Å²) in [5.74, 6) is 3.87. The van der Waals surface area contributed by atoms with Crippen LogP contribution in [0, 0.1) is 13.8 Å². The number of carboxylic acids is 1. The van der Waals surface area contributed by atoms with E-state index >= 15 is 0 Å². The first kappa shape index (κ1) is 109. The largest absolute Gasteiger partial charge is 0.490 e. The van der Waals surface area contributed by atoms with Gasteiger partial charge in [0.05, 0.1) is 65.5 Å². The van der Waals surface area contributed by atoms with Gasteiger partial charge in [-0.05, 0) is 283 Å². The van der Waals surface area contributed by atoms with Crippen molar-refractivity contribution in [3.63, 3.8) is 0 Å². The van der Waals surface area contributed by atoms with Crippen molar-refractivity contribution in [1.29, 1.82) is 0 Å². The number of carboxylic acid groups (broad SMARTS) is 1. The first-order chi connectivity index (χ1) is 69.6. The van der Waals surface area contributed by atoms with Crippen LogP contribution in [0.25, 0.3) is 70.5 Å². The van der Waals surface area contributed by atoms with Crippen LogP contribution in [0.3, 0.4) is 0 Å². The van der Waals surface area contributed by atoms with Crippen LogP contribution in [0.2, 0.25) is 0 Å². The van der Waals surface area contributed by atoms with Gasteiger partial charge in [-0.2, -0.15) is 31.5 Å². The van der Waals surface area contributed by atoms with Gasteiger partial charge in [0.2, 0.25) is 0 Å². The lowest BCUT2D eigenvalue weighted by molar-refractivity contribution is -0.192. The molecule has 3 saturated carbocycles. The van der Waals surface area contributed by atoms with E-state index in [1.54, 1.807) is 53.8 Å². The highest BCUT2D eigenvalue weighted by Crippen LogP contribution is 2.46. The Labute approximate surface area is 862 Å². The predicted molar refractivity (Wildman–Crippen MR) is 578 cm³/mol. The molecule has 0 atom stereocenters. The summed E-state index contributed by atoms with van der Waals surface area (Å²) < 4.78 is 117. The number of halogens is 4. The Bertz CT molecular complexity index is 7290. The van der Waals surface area contributed by atoms with E-state index < -0.39 is 32.2 Å². The minimum absolute atomic E-state index is 0. The van der Waals surface area contributed by atoms with Crippen LogP contribution in [-0.2, 0) is 62.7 Å². The first-order valence-corrected chi connectivity index (χ1v) is 53.1. The number of hydrazone groups is 1. The molecule has 0 radical (unpaired) electrons. The fraction of sp³-hybridized carbons (Fsp3) is 0.322. The second-order valence-corrected chi connectivity index (χ2v) is 43.0. The standard InChI is InChI=1S/C23H24N2O2S.C18H18O2.C16H16O.C16H14O.C14H23BO4.C11H10N2O.C10H7Br.C7H10N2O2S.C2HF3O2.CH4/c1-17-6-14-23(15-7-17)28(26,27)25-24-22-12-10-19(11-13-22)21-9-8-18-4-2-3-5-20(18)16-21;1-2-4-16-13-17(6-5-14(16)3-1)15-7-9-18(10-8-15)19-11-12-20-18;2*17-16-9-7-13(8-10-16)15-6-5-12-3-1-2-4-14(12)11-15;1-12(2)13(3,4)19-15(18-12)11-5-7-14(8-6-11)16-9-10-17-14;14-6-10-9(8-1-2-8)3-4-13-7-12-5-11(10)13;11-10-6-5-8-3-1-2-4-9(8)7-10;1-6-2-4-7(5-3-6)12(10,11)9-8;3-2(4,5)1(6)7;/h2-9,14-16,19,25H,10-13H2,1H3;1-7,13H,8-12H2;1-6,11,13H,7-10H2;1-7,11H,8-10H2;5H,6-10H2,1-4H3;3-8H,1-2H2;1-7H;2-5,9H,8H2,1H3;(H,6,7);1H4. The van der Waals surface area contributed by atoms with Crippen molar-refractivity contribution < 1.29 is 82.5 Å². The lowest BCUT2D eigenvalue weighted by Gasteiger charge is -2.32. The summed E-state index contributed by atoms with van der Waals surface area (Å²) in [6.07, 6.45) is 25.1. The van der Waals surface area contributed by atoms with E-state index in [4.69, 9.17) is 44.0 Å². The third-order valence-corrected chi connectivity index (χ3v) is 31.0. The van der Waals surface area contributed by atoms with Gasteiger partial charge in [0, 0.05) is 73.3 Å². The number of benzene rings is 12. The van der Waals surface area contributed by atoms with Crippen molar-refractivity contribution in [2.45, 2.75) is 227 Å². The molecule has 3 saturated heterocycles. The maximum absolute atomic E-state index is 12.4. The number of aldehydes is 1. The Balaban J connectivity index is 0.000000132. The fourth-order valence-corrected chi connectivity index (χ4v) is 20.6. The number of aryl methyl sites for hydroxylation is 2. The number of aliphatic carboxylic acids is 1. The summed E-state index contributed by atoms with van der Waals surface area (Å²) in [5.41, 5.74) is 14.6. The predicted octanol–water partition coefficient (Wildman–Crippen LogP) is 26.8. The van der Waals surface area contributed by atoms with Crippen molar-refractivity contribution in [3.05, 3.63) is 358 Å². The van der Waals surface area contributed by atoms with Gasteiger partial charge < -0.3 is 37.8 Å². The van der Waals surface area contributed by atoms with Crippen LogP contribution >= 0.6 is 15.9 Å². The number of imidazole rings is 1. The first-order valence-electron chi connectivity index (χ1n) is 49.4. The van der Waals surface area contributed by atoms with Crippen molar-refractivity contribution in [2.75, 3.05) is 26.4 Å². The molecular weight excluding hydrogens is 1950 g/mol. The highest BCUT2D eigenvalue weighted by Gasteiger charge is 2.54. The number of hydrogen-bond acceptors (Lipinski definition) is 17. The summed E-state index contributed by atoms with van der Waals surface area (Å²) in [4.78, 5) is 51.0. The smallest absolute Gasteiger partial charge is 0.475 e. The third-order valence-electron chi connectivity index (χ3n) is 28.1. The number of fused-ring (bicyclic) bond motifs is 6. The van der Waals surface area contributed by atoms with E-state index in [0.717, 1.165) is 148 Å². The monoisotopic (exact) mass is 2080 g/mol. The Morgan fingerprint density at radius 1 is 0.500 bits per heavy atom. The van der Waals surface area contributed by atoms with Crippen molar-refractivity contribution in [3.8, 4) is 0 Å². The molecule has 14 aromatic rings. The molecule has 0 amide bonds. The Kier molecular flexibility index (Phi) is 37.1. The van der Waals surface area contributed by atoms with E-state index in [1.807, 2.05) is 30.5 Å². The number of hydrogen-bond donors (Lipinski definition) is 4. The average molecular weight is 2080 g/mol. The molecule has 3 aliphatic heterocycles. The van der Waals surface area contributed by atoms with E-state index in [9.17, 15) is 44.4 Å². The minimum atomic E-state index is -5.08. The summed E-state index contributed by atoms with van der Waals surface area (Å²) in [7, 11) is -7.31. The Morgan fingerprint density at radius 2 is 0.918 bits per heavy atom. The zero-order valence-electron chi connectivity index (χ0n) is 82.4. The number of hydrazine groups is 1. The number of Topliss-reactive ketones (excluding diaryl/α,β-unsaturated/α-hetero) is 2. The maximum atomic E-state index is 12.4. The second kappa shape index (κ2) is 49.5. The molecule has 23 rings (SSSR count). The number of alkyl halides is 3. The summed E-state index contributed by atoms with van der Waals surface area (Å²) in [5, 5.41) is 24.2. The summed E-state index contributed by atoms with van der Waals surface area (Å²) >= 11 is 3.43. The SMILES string of the molecule is Brc1ccc2ccccc2c1.C.C1=C(c2ccc3ccccc3c2)CCC2(C1)OCCO2.CC1(C)OB(C2=CCC3(CC2)OCCO3)OC1(C)C.Cc1ccc(S(=O)(=O)NN)cc1.Cc1ccc(S(=O)(=O)NN=C2CCC(c3ccc4ccccc4c3)CC2)cc1.O=C(O)C(F)(F)F.O=C1CC=C(c2ccc3ccccc3c2)CC1.O=C1CCC(c2ccc3ccccc3c2)CC1.O=Cc1c(C2CC2)ccn2cncc12. The molecule has 28 heteroatoms. The van der Waals surface area contributed by atoms with Crippen molar-refractivity contribution >= 4 is 143 Å². The number of sulfonamides is 2. The van der Waals surface area contributed by atoms with Gasteiger partial charge in [0.25, 0.3) is 20.0 Å². The van der Waals surface area contributed by atoms with E-state index in [-0.39, 0.29) is 47.1 Å². The van der Waals surface area contributed by atoms with Gasteiger partial charge in [-0.15, -0.1) is 0 Å². The molecule has 9 aliphatic rings. The van der Waals surface area contributed by atoms with Gasteiger partial charge in [-0.1, -0.05) is 265 Å². The number of nitrogens with zero attached hydrogens (tertiary/aromatic N) is 3. The maximum Gasteiger partial charge on any atom is 0.490 e. The van der Waals surface area contributed by atoms with E-state index in [2.05, 4.69) is 289 Å². The molecule has 6 aliphatic carbocycles. The average Bonchev–Trinajstić information content (AvgIpc) is 1.62. The Morgan fingerprint density at radius 3 is 1.34 bits per heavy atom. The second-order valence-electron chi connectivity index (χ2n) is 38.7. The quantitative estimate of drug-likeness (QED) is 0.0382. The van der Waals surface area contributed by atoms with Crippen LogP contribution in [-0.4, -0.2) is 123 Å². The molecular formula is C118H127BBrF3N6O15S2. The van der Waals surface area contributed by atoms with Gasteiger partial charge in [-0.25, -0.2) is 23.0 Å². The molecule has 0 bridgehead atoms. The third kappa shape index (κ3) is 29.2. The summed E-state index contributed by atoms with van der Waals surface area (Å²) in [6.45, 7) is 15.0. The zero-order valence-corrected chi connectivity index (χ0v) is 85.6. The van der Waals surface area contributed by atoms with Gasteiger partial charge >= 0.3 is 19.3 Å². The molecule has 6 fully saturated rings. The number of carbonyl (C=O) groups is 4. The fourth-order valence-electron chi connectivity index (χ4n) is 18.7. The number of pyridine rings is 1. The number of nitrogens with two attached hydrogens (primary N) is 1. The zero-order chi connectivity index (χ0) is 103. The van der Waals surface area contributed by atoms with Gasteiger partial charge in [0.15, 0.2) is 17.9 Å². The van der Waals surface area contributed by atoms with Crippen LogP contribution in [0.5, 0.6) is 0 Å². The molecule has 21 nitrogen and oxygen atoms in total. The number of aromatic nitrogens is 2. The van der Waals surface area contributed by atoms with Gasteiger partial charge in [-0.3, -0.25) is 20.2 Å². The van der Waals surface area contributed by atoms with E-state index in [0.29, 0.717) is 55.4 Å². The van der Waals surface area contributed by atoms with Gasteiger partial charge in [0.1, 0.15) is 11.6 Å². The number of ketones is 2. The molecule has 12 aromatic carbocycles. The van der Waals surface area contributed by atoms with Crippen LogP contribution < -0.4 is 15.5 Å². The van der Waals surface area contributed by atoms with E-state index in [1.165, 1.54) is 123 Å². The molecule has 2 aromatic heterocycles. The topological polar surface area (TPSA) is 292 Å². The highest BCUT2D eigenvalue weighted by molar-refractivity contribution is 9.10. The van der Waals surface area contributed by atoms with Crippen LogP contribution in [0.4, 0.5) is 13.2 Å². The number of nitrogens with one attached hydrogen (secondary N) is 2. The van der Waals surface area contributed by atoms with Crippen LogP contribution in [0.15, 0.2) is 329 Å². The lowest BCUT2D eigenvalue weighted by atomic mass is 9.71. The van der Waals surface area contributed by atoms with Crippen LogP contribution in [0.1, 0.15) is 224 Å². The van der Waals surface area contributed by atoms with Crippen molar-refractivity contribution in [2.24, 2.45) is 10.9 Å². The lowest BCUT2D eigenvalue weighted by Crippen LogP contribution is -2.41. The Hall–Kier alpha value is -12.3. The van der Waals surface area contributed by atoms with Crippen molar-refractivity contribution in [1.82, 2.24) is 19.0 Å². The number of allylic oxidation sites excluding steroid dienone is 4. The highest BCUT2D eigenvalue weighted by atomic mass is 79.9. The normalized spacial score (nSPS) is 18.1. The minimum Gasteiger partial charge on any atom is -0.475 e. The molecule has 5 heterocycles. The summed E-state index contributed by atoms with van der Waals surface area (Å²) in [6, 6.07) is 90.2. The molecule has 146 heavy (non-hydrogen) atoms.